The fourth-order valence-corrected chi connectivity index (χ4v) is 0.674. The molecule has 0 aliphatic rings. The van der Waals surface area contributed by atoms with Gasteiger partial charge in [0.2, 0.25) is 0 Å². The lowest BCUT2D eigenvalue weighted by molar-refractivity contribution is 0.653. The van der Waals surface area contributed by atoms with E-state index in [1.165, 1.54) is 25.0 Å². The minimum Gasteiger partial charge on any atom is -0.321 e. The molecule has 0 amide bonds. The summed E-state index contributed by atoms with van der Waals surface area (Å²) in [4.78, 5) is 25.3. The van der Waals surface area contributed by atoms with Gasteiger partial charge in [-0.25, -0.2) is 9.59 Å². The van der Waals surface area contributed by atoms with Crippen molar-refractivity contribution in [2.45, 2.75) is 0 Å². The van der Waals surface area contributed by atoms with Crippen LogP contribution in [0.25, 0.3) is 0 Å². The zero-order valence-corrected chi connectivity index (χ0v) is 6.24. The van der Waals surface area contributed by atoms with E-state index in [0.29, 0.717) is 0 Å². The van der Waals surface area contributed by atoms with Gasteiger partial charge >= 0.3 is 11.4 Å². The predicted molar refractivity (Wildman–Crippen MR) is 39.0 cm³/mol. The zero-order valence-electron chi connectivity index (χ0n) is 6.24. The fourth-order valence-electron chi connectivity index (χ4n) is 0.674. The van der Waals surface area contributed by atoms with E-state index >= 15 is 0 Å². The number of nitrogens with one attached hydrogen (secondary N) is 1. The van der Waals surface area contributed by atoms with Crippen molar-refractivity contribution in [1.29, 1.82) is 0 Å². The molecule has 11 heavy (non-hydrogen) atoms. The third-order valence-corrected chi connectivity index (χ3v) is 1.25. The molecule has 0 saturated carbocycles. The normalized spacial score (nSPS) is 9.64. The van der Waals surface area contributed by atoms with Crippen molar-refractivity contribution >= 4 is 0 Å². The third-order valence-electron chi connectivity index (χ3n) is 1.25. The second-order valence-electron chi connectivity index (χ2n) is 1.98. The molecule has 0 aromatic carbocycles. The van der Waals surface area contributed by atoms with E-state index < -0.39 is 11.4 Å². The summed E-state index contributed by atoms with van der Waals surface area (Å²) in [5.41, 5.74) is 1.37. The number of rotatable bonds is 1. The van der Waals surface area contributed by atoms with Crippen LogP contribution in [-0.4, -0.2) is 21.3 Å². The van der Waals surface area contributed by atoms with Crippen molar-refractivity contribution in [3.63, 3.8) is 0 Å². The van der Waals surface area contributed by atoms with Gasteiger partial charge in [-0.1, -0.05) is 0 Å². The number of hydrogen-bond acceptors (Lipinski definition) is 4. The summed E-state index contributed by atoms with van der Waals surface area (Å²) < 4.78 is 2.03. The Balaban J connectivity index is 3.55. The molecule has 0 radical (unpaired) electrons. The number of aryl methyl sites for hydroxylation is 1. The van der Waals surface area contributed by atoms with Crippen LogP contribution in [0.1, 0.15) is 0 Å². The second kappa shape index (κ2) is 2.57. The van der Waals surface area contributed by atoms with Gasteiger partial charge in [0.25, 0.3) is 0 Å². The maximum Gasteiger partial charge on any atom is 0.372 e. The first-order chi connectivity index (χ1) is 5.16. The molecule has 0 saturated heterocycles. The maximum absolute atomic E-state index is 11.0. The summed E-state index contributed by atoms with van der Waals surface area (Å²) in [7, 11) is 2.99. The van der Waals surface area contributed by atoms with E-state index in [9.17, 15) is 9.59 Å². The summed E-state index contributed by atoms with van der Waals surface area (Å²) in [6, 6.07) is 0. The van der Waals surface area contributed by atoms with E-state index in [4.69, 9.17) is 0 Å². The van der Waals surface area contributed by atoms with Gasteiger partial charge in [-0.3, -0.25) is 4.57 Å². The highest BCUT2D eigenvalue weighted by atomic mass is 16.2. The molecule has 6 nitrogen and oxygen atoms in total. The number of nitrogens with zero attached hydrogens (tertiary/aromatic N) is 3. The lowest BCUT2D eigenvalue weighted by atomic mass is 10.9. The molecule has 0 unspecified atom stereocenters. The SMILES string of the molecule is CNn1c(=O)ncn(C)c1=O. The molecule has 0 spiro atoms. The van der Waals surface area contributed by atoms with Crippen molar-refractivity contribution in [3.05, 3.63) is 27.3 Å². The molecule has 60 valence electrons. The van der Waals surface area contributed by atoms with Crippen LogP contribution < -0.4 is 16.8 Å². The van der Waals surface area contributed by atoms with E-state index in [1.807, 2.05) is 0 Å². The molecule has 0 aliphatic carbocycles. The van der Waals surface area contributed by atoms with Crippen LogP contribution in [0.4, 0.5) is 0 Å². The van der Waals surface area contributed by atoms with E-state index in [2.05, 4.69) is 10.4 Å². The summed E-state index contributed by atoms with van der Waals surface area (Å²) in [6.07, 6.45) is 1.18. The molecule has 1 rings (SSSR count). The van der Waals surface area contributed by atoms with Gasteiger partial charge in [0.05, 0.1) is 0 Å². The maximum atomic E-state index is 11.0. The first-order valence-electron chi connectivity index (χ1n) is 2.99. The average molecular weight is 156 g/mol. The van der Waals surface area contributed by atoms with E-state index in [0.717, 1.165) is 4.68 Å². The molecule has 6 heteroatoms. The van der Waals surface area contributed by atoms with Crippen LogP contribution in [0.5, 0.6) is 0 Å². The van der Waals surface area contributed by atoms with Crippen LogP contribution in [0.2, 0.25) is 0 Å². The molecular weight excluding hydrogens is 148 g/mol. The van der Waals surface area contributed by atoms with Crippen LogP contribution >= 0.6 is 0 Å². The summed E-state index contributed by atoms with van der Waals surface area (Å²) in [5, 5.41) is 0. The molecule has 0 bridgehead atoms. The Hall–Kier alpha value is -1.59. The van der Waals surface area contributed by atoms with Crippen LogP contribution in [-0.2, 0) is 7.05 Å². The van der Waals surface area contributed by atoms with Crippen LogP contribution in [0, 0.1) is 0 Å². The van der Waals surface area contributed by atoms with E-state index in [1.54, 1.807) is 0 Å². The van der Waals surface area contributed by atoms with Gasteiger partial charge in [0.1, 0.15) is 6.33 Å². The van der Waals surface area contributed by atoms with Gasteiger partial charge in [0, 0.05) is 14.1 Å². The Morgan fingerprint density at radius 3 is 2.64 bits per heavy atom. The van der Waals surface area contributed by atoms with Crippen molar-refractivity contribution in [1.82, 2.24) is 14.2 Å². The highest BCUT2D eigenvalue weighted by Crippen LogP contribution is 1.61. The Bertz CT molecular complexity index is 363. The van der Waals surface area contributed by atoms with Crippen LogP contribution in [0.3, 0.4) is 0 Å². The molecule has 0 fully saturated rings. The van der Waals surface area contributed by atoms with Crippen molar-refractivity contribution in [2.24, 2.45) is 7.05 Å². The predicted octanol–water partition coefficient (Wildman–Crippen LogP) is -1.88. The van der Waals surface area contributed by atoms with E-state index in [-0.39, 0.29) is 0 Å². The Morgan fingerprint density at radius 1 is 1.55 bits per heavy atom. The minimum absolute atomic E-state index is 0.437. The quantitative estimate of drug-likeness (QED) is 0.516. The molecule has 1 aromatic rings. The highest BCUT2D eigenvalue weighted by Gasteiger charge is 1.98. The number of hydrogen-bond donors (Lipinski definition) is 1. The molecule has 1 aromatic heterocycles. The summed E-state index contributed by atoms with van der Waals surface area (Å²) >= 11 is 0. The molecule has 1 heterocycles. The Morgan fingerprint density at radius 2 is 2.18 bits per heavy atom. The van der Waals surface area contributed by atoms with Gasteiger partial charge in [-0.05, 0) is 0 Å². The topological polar surface area (TPSA) is 68.9 Å². The largest absolute Gasteiger partial charge is 0.372 e. The van der Waals surface area contributed by atoms with Crippen molar-refractivity contribution in [2.75, 3.05) is 12.5 Å². The smallest absolute Gasteiger partial charge is 0.321 e. The number of aromatic nitrogens is 3. The molecule has 0 atom stereocenters. The van der Waals surface area contributed by atoms with Gasteiger partial charge in [0.15, 0.2) is 0 Å². The monoisotopic (exact) mass is 156 g/mol. The van der Waals surface area contributed by atoms with Gasteiger partial charge in [-0.15, -0.1) is 0 Å². The second-order valence-corrected chi connectivity index (χ2v) is 1.98. The standard InChI is InChI=1S/C5H8N4O2/c1-6-9-4(10)7-3-8(2)5(9)11/h3,6H,1-2H3. The Labute approximate surface area is 62.1 Å². The Kier molecular flexibility index (Phi) is 1.75. The summed E-state index contributed by atoms with van der Waals surface area (Å²) in [5.74, 6) is 0. The lowest BCUT2D eigenvalue weighted by Crippen LogP contribution is -2.43. The van der Waals surface area contributed by atoms with Crippen molar-refractivity contribution in [3.8, 4) is 0 Å². The fraction of sp³-hybridized carbons (Fsp3) is 0.400. The zero-order chi connectivity index (χ0) is 8.43. The van der Waals surface area contributed by atoms with Gasteiger partial charge < -0.3 is 5.43 Å². The first-order valence-corrected chi connectivity index (χ1v) is 2.99. The minimum atomic E-state index is -0.601. The highest BCUT2D eigenvalue weighted by molar-refractivity contribution is 4.74. The molecule has 1 N–H and O–H groups in total. The molecule has 0 aliphatic heterocycles. The summed E-state index contributed by atoms with van der Waals surface area (Å²) in [6.45, 7) is 0. The lowest BCUT2D eigenvalue weighted by Gasteiger charge is -2.01. The van der Waals surface area contributed by atoms with Crippen molar-refractivity contribution < 1.29 is 0 Å². The van der Waals surface area contributed by atoms with Crippen LogP contribution in [0.15, 0.2) is 15.9 Å². The van der Waals surface area contributed by atoms with Gasteiger partial charge in [-0.2, -0.15) is 9.66 Å². The third kappa shape index (κ3) is 1.14. The molecular formula is C5H8N4O2. The average Bonchev–Trinajstić information content (AvgIpc) is 1.99. The first kappa shape index (κ1) is 7.52.